The highest BCUT2D eigenvalue weighted by atomic mass is 16.5. The van der Waals surface area contributed by atoms with Crippen LogP contribution in [0.1, 0.15) is 44.1 Å². The van der Waals surface area contributed by atoms with Crippen LogP contribution in [0.4, 0.5) is 0 Å². The number of hydrogen-bond donors (Lipinski definition) is 3. The molecular weight excluding hydrogens is 348 g/mol. The molecule has 148 valence electrons. The summed E-state index contributed by atoms with van der Waals surface area (Å²) < 4.78 is 0. The molecule has 27 heavy (non-hydrogen) atoms. The van der Waals surface area contributed by atoms with E-state index >= 15 is 0 Å². The summed E-state index contributed by atoms with van der Waals surface area (Å²) in [5, 5.41) is 18.5. The fraction of sp³-hybridized carbons (Fsp3) is 0.550. The highest BCUT2D eigenvalue weighted by Gasteiger charge is 2.39. The van der Waals surface area contributed by atoms with Gasteiger partial charge >= 0.3 is 5.97 Å². The first-order valence-electron chi connectivity index (χ1n) is 9.43. The van der Waals surface area contributed by atoms with Gasteiger partial charge in [0.1, 0.15) is 6.04 Å². The minimum absolute atomic E-state index is 0.338. The summed E-state index contributed by atoms with van der Waals surface area (Å²) in [6, 6.07) is 8.98. The van der Waals surface area contributed by atoms with Crippen LogP contribution >= 0.6 is 0 Å². The Kier molecular flexibility index (Phi) is 7.79. The van der Waals surface area contributed by atoms with Crippen LogP contribution in [0.3, 0.4) is 0 Å². The zero-order chi connectivity index (χ0) is 19.8. The van der Waals surface area contributed by atoms with E-state index in [1.807, 2.05) is 30.3 Å². The zero-order valence-corrected chi connectivity index (χ0v) is 15.6. The van der Waals surface area contributed by atoms with Gasteiger partial charge in [0.05, 0.1) is 11.8 Å². The molecule has 7 heteroatoms. The average Bonchev–Trinajstić information content (AvgIpc) is 2.70. The van der Waals surface area contributed by atoms with Crippen LogP contribution in [0.15, 0.2) is 30.3 Å². The maximum absolute atomic E-state index is 12.9. The zero-order valence-electron chi connectivity index (χ0n) is 15.6. The lowest BCUT2D eigenvalue weighted by Gasteiger charge is -2.34. The van der Waals surface area contributed by atoms with Crippen molar-refractivity contribution in [3.8, 4) is 0 Å². The van der Waals surface area contributed by atoms with E-state index < -0.39 is 29.8 Å². The minimum Gasteiger partial charge on any atom is -0.481 e. The predicted molar refractivity (Wildman–Crippen MR) is 99.0 cm³/mol. The molecule has 0 bridgehead atoms. The molecule has 2 rings (SSSR count). The van der Waals surface area contributed by atoms with Gasteiger partial charge in [-0.1, -0.05) is 43.2 Å². The van der Waals surface area contributed by atoms with Gasteiger partial charge in [0.25, 0.3) is 5.91 Å². The van der Waals surface area contributed by atoms with Crippen molar-refractivity contribution >= 4 is 17.8 Å². The lowest BCUT2D eigenvalue weighted by Crippen LogP contribution is -2.50. The number of amides is 2. The molecule has 0 spiro atoms. The van der Waals surface area contributed by atoms with Crippen molar-refractivity contribution in [1.29, 1.82) is 0 Å². The number of benzene rings is 1. The number of hydrogen-bond acceptors (Lipinski definition) is 4. The molecule has 0 aromatic heterocycles. The van der Waals surface area contributed by atoms with Gasteiger partial charge in [-0.2, -0.15) is 0 Å². The molecule has 0 heterocycles. The van der Waals surface area contributed by atoms with E-state index in [1.165, 1.54) is 11.9 Å². The Bertz CT molecular complexity index is 649. The van der Waals surface area contributed by atoms with E-state index in [4.69, 9.17) is 5.21 Å². The van der Waals surface area contributed by atoms with Gasteiger partial charge in [0.15, 0.2) is 0 Å². The summed E-state index contributed by atoms with van der Waals surface area (Å²) in [4.78, 5) is 37.8. The van der Waals surface area contributed by atoms with Crippen LogP contribution in [0.5, 0.6) is 0 Å². The number of carbonyl (C=O) groups excluding carboxylic acids is 2. The number of carbonyl (C=O) groups is 3. The van der Waals surface area contributed by atoms with E-state index in [-0.39, 0.29) is 5.91 Å². The van der Waals surface area contributed by atoms with Crippen molar-refractivity contribution in [2.24, 2.45) is 11.8 Å². The molecular formula is C20H28N2O5. The first-order chi connectivity index (χ1) is 13.0. The van der Waals surface area contributed by atoms with Crippen molar-refractivity contribution in [2.45, 2.75) is 51.0 Å². The second-order valence-corrected chi connectivity index (χ2v) is 7.15. The normalized spacial score (nSPS) is 20.5. The number of aliphatic carboxylic acids is 1. The van der Waals surface area contributed by atoms with Crippen LogP contribution < -0.4 is 5.48 Å². The van der Waals surface area contributed by atoms with Gasteiger partial charge in [0, 0.05) is 7.05 Å². The second-order valence-electron chi connectivity index (χ2n) is 7.15. The highest BCUT2D eigenvalue weighted by Crippen LogP contribution is 2.32. The fourth-order valence-electron chi connectivity index (χ4n) is 3.86. The van der Waals surface area contributed by atoms with Gasteiger partial charge in [-0.3, -0.25) is 19.6 Å². The Morgan fingerprint density at radius 1 is 1.15 bits per heavy atom. The highest BCUT2D eigenvalue weighted by molar-refractivity contribution is 5.90. The molecule has 1 aromatic carbocycles. The molecule has 2 amide bonds. The third-order valence-corrected chi connectivity index (χ3v) is 5.41. The van der Waals surface area contributed by atoms with Crippen molar-refractivity contribution in [1.82, 2.24) is 10.4 Å². The smallest absolute Gasteiger partial charge is 0.307 e. The average molecular weight is 376 g/mol. The Hall–Kier alpha value is -2.41. The molecule has 0 aliphatic heterocycles. The van der Waals surface area contributed by atoms with Crippen LogP contribution in [-0.2, 0) is 20.8 Å². The third kappa shape index (κ3) is 5.53. The van der Waals surface area contributed by atoms with E-state index in [1.54, 1.807) is 5.48 Å². The Morgan fingerprint density at radius 3 is 2.37 bits per heavy atom. The molecule has 1 aromatic rings. The van der Waals surface area contributed by atoms with Crippen molar-refractivity contribution in [2.75, 3.05) is 7.05 Å². The minimum atomic E-state index is -0.964. The first-order valence-corrected chi connectivity index (χ1v) is 9.43. The molecule has 1 aliphatic carbocycles. The molecule has 7 nitrogen and oxygen atoms in total. The summed E-state index contributed by atoms with van der Waals surface area (Å²) in [6.45, 7) is 0. The molecule has 1 unspecified atom stereocenters. The second kappa shape index (κ2) is 10.1. The van der Waals surface area contributed by atoms with Crippen molar-refractivity contribution < 1.29 is 24.7 Å². The number of carboxylic acid groups (broad SMARTS) is 1. The fourth-order valence-corrected chi connectivity index (χ4v) is 3.86. The lowest BCUT2D eigenvalue weighted by molar-refractivity contribution is -0.154. The van der Waals surface area contributed by atoms with Gasteiger partial charge in [-0.15, -0.1) is 0 Å². The molecule has 3 N–H and O–H groups in total. The van der Waals surface area contributed by atoms with Crippen LogP contribution in [-0.4, -0.2) is 46.1 Å². The van der Waals surface area contributed by atoms with Crippen LogP contribution in [0, 0.1) is 11.8 Å². The van der Waals surface area contributed by atoms with Crippen molar-refractivity contribution in [3.05, 3.63) is 35.9 Å². The number of nitrogens with one attached hydrogen (secondary N) is 1. The predicted octanol–water partition coefficient (Wildman–Crippen LogP) is 2.23. The Balaban J connectivity index is 2.04. The third-order valence-electron chi connectivity index (χ3n) is 5.41. The van der Waals surface area contributed by atoms with Gasteiger partial charge in [-0.25, -0.2) is 5.48 Å². The number of carboxylic acids is 1. The molecule has 1 saturated carbocycles. The van der Waals surface area contributed by atoms with E-state index in [2.05, 4.69) is 0 Å². The summed E-state index contributed by atoms with van der Waals surface area (Å²) in [6.07, 6.45) is 4.38. The maximum Gasteiger partial charge on any atom is 0.307 e. The molecule has 1 aliphatic rings. The molecule has 0 saturated heterocycles. The quantitative estimate of drug-likeness (QED) is 0.476. The summed E-state index contributed by atoms with van der Waals surface area (Å²) in [7, 11) is 1.51. The van der Waals surface area contributed by atoms with Gasteiger partial charge < -0.3 is 10.0 Å². The molecule has 0 radical (unpaired) electrons. The van der Waals surface area contributed by atoms with Crippen LogP contribution in [0.25, 0.3) is 0 Å². The Morgan fingerprint density at radius 2 is 1.78 bits per heavy atom. The largest absolute Gasteiger partial charge is 0.481 e. The number of rotatable bonds is 8. The van der Waals surface area contributed by atoms with Gasteiger partial charge in [-0.05, 0) is 37.7 Å². The first kappa shape index (κ1) is 20.9. The monoisotopic (exact) mass is 376 g/mol. The van der Waals surface area contributed by atoms with Gasteiger partial charge in [0.2, 0.25) is 5.91 Å². The summed E-state index contributed by atoms with van der Waals surface area (Å²) >= 11 is 0. The number of likely N-dealkylation sites (N-methyl/N-ethyl adjacent to an activating group) is 1. The Labute approximate surface area is 159 Å². The van der Waals surface area contributed by atoms with Crippen LogP contribution in [0.2, 0.25) is 0 Å². The summed E-state index contributed by atoms with van der Waals surface area (Å²) in [5.41, 5.74) is 2.77. The lowest BCUT2D eigenvalue weighted by atomic mass is 9.78. The summed E-state index contributed by atoms with van der Waals surface area (Å²) in [5.74, 6) is -3.29. The number of hydroxylamine groups is 1. The van der Waals surface area contributed by atoms with E-state index in [0.717, 1.165) is 24.8 Å². The SMILES string of the molecule is CN(C(=O)[C@@H]1CCCC[C@@H]1C(=O)O)C(CCCc1ccccc1)C(=O)NO. The maximum atomic E-state index is 12.9. The van der Waals surface area contributed by atoms with E-state index in [0.29, 0.717) is 25.7 Å². The molecule has 3 atom stereocenters. The van der Waals surface area contributed by atoms with E-state index in [9.17, 15) is 19.5 Å². The molecule has 1 fully saturated rings. The number of aryl methyl sites for hydroxylation is 1. The number of nitrogens with zero attached hydrogens (tertiary/aromatic N) is 1. The standard InChI is InChI=1S/C20H28N2O5/c1-22(19(24)15-11-5-6-12-16(15)20(25)26)17(18(23)21-27)13-7-10-14-8-3-2-4-9-14/h2-4,8-9,15-17,27H,5-7,10-13H2,1H3,(H,21,23)(H,25,26)/t15-,16+,17?/m1/s1. The van der Waals surface area contributed by atoms with Crippen molar-refractivity contribution in [3.63, 3.8) is 0 Å². The topological polar surface area (TPSA) is 107 Å².